The van der Waals surface area contributed by atoms with Gasteiger partial charge in [0.05, 0.1) is 11.6 Å². The molecule has 0 saturated carbocycles. The molecule has 0 aromatic heterocycles. The van der Waals surface area contributed by atoms with Gasteiger partial charge in [0, 0.05) is 17.9 Å². The van der Waals surface area contributed by atoms with Crippen LogP contribution in [0.3, 0.4) is 0 Å². The number of Topliss-reactive ketones (excluding diaryl/α,β-unsaturated/α-hetero) is 1. The summed E-state index contributed by atoms with van der Waals surface area (Å²) in [5.41, 5.74) is -0.878. The molecule has 1 N–H and O–H groups in total. The van der Waals surface area contributed by atoms with Crippen molar-refractivity contribution in [1.29, 1.82) is 0 Å². The third-order valence-corrected chi connectivity index (χ3v) is 9.03. The summed E-state index contributed by atoms with van der Waals surface area (Å²) in [5.74, 6) is 0.0992. The highest BCUT2D eigenvalue weighted by Crippen LogP contribution is 2.45. The maximum absolute atomic E-state index is 13.8. The van der Waals surface area contributed by atoms with Gasteiger partial charge in [-0.2, -0.15) is 0 Å². The molecule has 4 heteroatoms. The molecular formula is C31H61NO3. The molecule has 0 aromatic carbocycles. The maximum atomic E-state index is 13.8. The van der Waals surface area contributed by atoms with Gasteiger partial charge in [0.1, 0.15) is 0 Å². The third-order valence-electron chi connectivity index (χ3n) is 9.03. The van der Waals surface area contributed by atoms with Crippen LogP contribution in [0.1, 0.15) is 147 Å². The van der Waals surface area contributed by atoms with E-state index in [2.05, 4.69) is 74.6 Å². The molecule has 208 valence electrons. The Morgan fingerprint density at radius 2 is 1.37 bits per heavy atom. The molecule has 0 saturated heterocycles. The van der Waals surface area contributed by atoms with Crippen molar-refractivity contribution in [2.45, 2.75) is 159 Å². The smallest absolute Gasteiger partial charge is 0.226 e. The van der Waals surface area contributed by atoms with Crippen LogP contribution in [-0.2, 0) is 14.3 Å². The summed E-state index contributed by atoms with van der Waals surface area (Å²) >= 11 is 0. The van der Waals surface area contributed by atoms with Gasteiger partial charge >= 0.3 is 0 Å². The molecular weight excluding hydrogens is 434 g/mol. The van der Waals surface area contributed by atoms with Crippen molar-refractivity contribution < 1.29 is 14.3 Å². The van der Waals surface area contributed by atoms with Crippen LogP contribution in [0.5, 0.6) is 0 Å². The number of hydrogen-bond donors (Lipinski definition) is 1. The van der Waals surface area contributed by atoms with Gasteiger partial charge in [0.2, 0.25) is 5.91 Å². The van der Waals surface area contributed by atoms with Gasteiger partial charge in [-0.3, -0.25) is 9.59 Å². The lowest BCUT2D eigenvalue weighted by molar-refractivity contribution is -0.140. The van der Waals surface area contributed by atoms with E-state index >= 15 is 0 Å². The predicted octanol–water partition coefficient (Wildman–Crippen LogP) is 8.51. The summed E-state index contributed by atoms with van der Waals surface area (Å²) in [7, 11) is 0. The third kappa shape index (κ3) is 10.2. The molecule has 0 aliphatic carbocycles. The maximum Gasteiger partial charge on any atom is 0.226 e. The Hall–Kier alpha value is -0.900. The molecule has 0 aliphatic heterocycles. The Kier molecular flexibility index (Phi) is 14.4. The fraction of sp³-hybridized carbons (Fsp3) is 0.935. The van der Waals surface area contributed by atoms with E-state index in [9.17, 15) is 9.59 Å². The predicted molar refractivity (Wildman–Crippen MR) is 151 cm³/mol. The number of carbonyl (C=O) groups is 2. The number of amides is 1. The van der Waals surface area contributed by atoms with Gasteiger partial charge in [0.15, 0.2) is 5.78 Å². The van der Waals surface area contributed by atoms with Crippen LogP contribution in [0.15, 0.2) is 0 Å². The molecule has 0 aliphatic rings. The summed E-state index contributed by atoms with van der Waals surface area (Å²) in [5, 5.41) is 3.33. The monoisotopic (exact) mass is 495 g/mol. The molecule has 5 atom stereocenters. The first-order valence-corrected chi connectivity index (χ1v) is 14.6. The van der Waals surface area contributed by atoms with Crippen LogP contribution in [0.25, 0.3) is 0 Å². The van der Waals surface area contributed by atoms with E-state index in [1.165, 1.54) is 0 Å². The lowest BCUT2D eigenvalue weighted by Gasteiger charge is -2.45. The van der Waals surface area contributed by atoms with E-state index in [4.69, 9.17) is 4.74 Å². The largest absolute Gasteiger partial charge is 0.376 e. The second kappa shape index (κ2) is 14.7. The molecule has 0 rings (SSSR count). The zero-order chi connectivity index (χ0) is 27.5. The average Bonchev–Trinajstić information content (AvgIpc) is 2.80. The first-order chi connectivity index (χ1) is 16.1. The highest BCUT2D eigenvalue weighted by Gasteiger charge is 2.45. The quantitative estimate of drug-likeness (QED) is 0.195. The molecule has 35 heavy (non-hydrogen) atoms. The number of carbonyl (C=O) groups excluding carboxylic acids is 2. The lowest BCUT2D eigenvalue weighted by atomic mass is 9.63. The first kappa shape index (κ1) is 34.1. The molecule has 0 bridgehead atoms. The molecule has 0 radical (unpaired) electrons. The number of rotatable bonds is 19. The summed E-state index contributed by atoms with van der Waals surface area (Å²) in [6.45, 7) is 26.3. The van der Waals surface area contributed by atoms with Crippen molar-refractivity contribution >= 4 is 11.7 Å². The molecule has 4 nitrogen and oxygen atoms in total. The molecule has 0 heterocycles. The zero-order valence-corrected chi connectivity index (χ0v) is 25.7. The Bertz CT molecular complexity index is 645. The summed E-state index contributed by atoms with van der Waals surface area (Å²) in [4.78, 5) is 27.5. The zero-order valence-electron chi connectivity index (χ0n) is 25.7. The van der Waals surface area contributed by atoms with Gasteiger partial charge in [0.25, 0.3) is 0 Å². The second-order valence-electron chi connectivity index (χ2n) is 12.7. The number of ketones is 1. The van der Waals surface area contributed by atoms with E-state index in [-0.39, 0.29) is 34.0 Å². The van der Waals surface area contributed by atoms with Gasteiger partial charge < -0.3 is 10.1 Å². The van der Waals surface area contributed by atoms with Crippen LogP contribution in [0, 0.1) is 22.2 Å². The van der Waals surface area contributed by atoms with Crippen LogP contribution < -0.4 is 5.32 Å². The van der Waals surface area contributed by atoms with Gasteiger partial charge in [-0.15, -0.1) is 0 Å². The Morgan fingerprint density at radius 3 is 1.80 bits per heavy atom. The summed E-state index contributed by atoms with van der Waals surface area (Å²) in [6.07, 6.45) is 9.35. The van der Waals surface area contributed by atoms with E-state index in [0.717, 1.165) is 51.4 Å². The van der Waals surface area contributed by atoms with E-state index < -0.39 is 11.5 Å². The molecule has 0 aromatic rings. The molecule has 5 unspecified atom stereocenters. The minimum Gasteiger partial charge on any atom is -0.376 e. The fourth-order valence-corrected chi connectivity index (χ4v) is 5.46. The SMILES string of the molecule is CCCC(C)(CC)CC(C)(CC)C(NC(=O)C(C)(CC)CCOC(C)(C)CCC)C(=O)C(C)CC. The lowest BCUT2D eigenvalue weighted by Crippen LogP contribution is -2.57. The summed E-state index contributed by atoms with van der Waals surface area (Å²) in [6, 6.07) is -0.471. The Labute approximate surface area is 219 Å². The topological polar surface area (TPSA) is 55.4 Å². The van der Waals surface area contributed by atoms with Gasteiger partial charge in [-0.05, 0) is 69.6 Å². The first-order valence-electron chi connectivity index (χ1n) is 14.6. The highest BCUT2D eigenvalue weighted by atomic mass is 16.5. The van der Waals surface area contributed by atoms with Crippen LogP contribution in [0.4, 0.5) is 0 Å². The fourth-order valence-electron chi connectivity index (χ4n) is 5.46. The second-order valence-corrected chi connectivity index (χ2v) is 12.7. The van der Waals surface area contributed by atoms with E-state index in [0.29, 0.717) is 19.4 Å². The van der Waals surface area contributed by atoms with Crippen molar-refractivity contribution in [1.82, 2.24) is 5.32 Å². The molecule has 0 fully saturated rings. The summed E-state index contributed by atoms with van der Waals surface area (Å²) < 4.78 is 6.17. The van der Waals surface area contributed by atoms with Crippen molar-refractivity contribution in [2.75, 3.05) is 6.61 Å². The minimum atomic E-state index is -0.567. The van der Waals surface area contributed by atoms with E-state index in [1.54, 1.807) is 0 Å². The van der Waals surface area contributed by atoms with Crippen molar-refractivity contribution in [3.05, 3.63) is 0 Å². The van der Waals surface area contributed by atoms with Crippen molar-refractivity contribution in [3.8, 4) is 0 Å². The van der Waals surface area contributed by atoms with Gasteiger partial charge in [-0.25, -0.2) is 0 Å². The standard InChI is InChI=1S/C31H61NO3/c1-13-19-28(8,9)35-22-21-30(11,17-5)27(34)32-26(25(33)24(7)15-3)31(12,18-6)23-29(10,16-4)20-14-2/h24,26H,13-23H2,1-12H3,(H,32,34). The highest BCUT2D eigenvalue weighted by molar-refractivity contribution is 5.92. The van der Waals surface area contributed by atoms with Crippen LogP contribution in [0.2, 0.25) is 0 Å². The molecule has 1 amide bonds. The minimum absolute atomic E-state index is 0.00748. The Morgan fingerprint density at radius 1 is 0.800 bits per heavy atom. The number of hydrogen-bond acceptors (Lipinski definition) is 3. The van der Waals surface area contributed by atoms with Crippen molar-refractivity contribution in [3.63, 3.8) is 0 Å². The average molecular weight is 496 g/mol. The number of ether oxygens (including phenoxy) is 1. The van der Waals surface area contributed by atoms with Crippen LogP contribution >= 0.6 is 0 Å². The molecule has 0 spiro atoms. The van der Waals surface area contributed by atoms with Gasteiger partial charge in [-0.1, -0.05) is 88.5 Å². The van der Waals surface area contributed by atoms with E-state index in [1.807, 2.05) is 13.8 Å². The Balaban J connectivity index is 5.97. The number of nitrogens with one attached hydrogen (secondary N) is 1. The van der Waals surface area contributed by atoms with Crippen LogP contribution in [-0.4, -0.2) is 29.9 Å². The van der Waals surface area contributed by atoms with Crippen molar-refractivity contribution in [2.24, 2.45) is 22.2 Å². The normalized spacial score (nSPS) is 19.2.